The quantitative estimate of drug-likeness (QED) is 0.412. The summed E-state index contributed by atoms with van der Waals surface area (Å²) in [6, 6.07) is 12.7. The van der Waals surface area contributed by atoms with Crippen LogP contribution >= 0.6 is 11.3 Å². The van der Waals surface area contributed by atoms with Crippen molar-refractivity contribution in [2.75, 3.05) is 12.4 Å². The van der Waals surface area contributed by atoms with E-state index in [-0.39, 0.29) is 12.0 Å². The molecule has 0 radical (unpaired) electrons. The Bertz CT molecular complexity index is 1250. The molecule has 0 aliphatic carbocycles. The number of amides is 1. The van der Waals surface area contributed by atoms with E-state index in [0.29, 0.717) is 22.7 Å². The Kier molecular flexibility index (Phi) is 6.36. The number of ether oxygens (including phenoxy) is 2. The van der Waals surface area contributed by atoms with Gasteiger partial charge in [-0.05, 0) is 49.7 Å². The number of anilines is 1. The third-order valence-electron chi connectivity index (χ3n) is 5.07. The molecule has 8 nitrogen and oxygen atoms in total. The first kappa shape index (κ1) is 21.8. The number of hydrogen-bond donors (Lipinski definition) is 1. The maximum Gasteiger partial charge on any atom is 0.255 e. The largest absolute Gasteiger partial charge is 0.495 e. The predicted octanol–water partition coefficient (Wildman–Crippen LogP) is 4.85. The first-order valence-corrected chi connectivity index (χ1v) is 11.3. The lowest BCUT2D eigenvalue weighted by Gasteiger charge is -2.14. The van der Waals surface area contributed by atoms with Gasteiger partial charge in [0.25, 0.3) is 5.91 Å². The lowest BCUT2D eigenvalue weighted by molar-refractivity contribution is 0.102. The number of aryl methyl sites for hydroxylation is 1. The second kappa shape index (κ2) is 9.35. The van der Waals surface area contributed by atoms with Gasteiger partial charge in [-0.2, -0.15) is 9.61 Å². The number of hydrogen-bond acceptors (Lipinski definition) is 7. The molecule has 0 saturated carbocycles. The van der Waals surface area contributed by atoms with Crippen LogP contribution in [0.5, 0.6) is 11.5 Å². The van der Waals surface area contributed by atoms with E-state index in [1.165, 1.54) is 11.3 Å². The monoisotopic (exact) mass is 451 g/mol. The molecule has 0 saturated heterocycles. The molecule has 0 aliphatic heterocycles. The molecule has 1 amide bonds. The molecule has 4 rings (SSSR count). The SMILES string of the molecule is CCc1nnc2sc(-c3ccc(OC)c(NC(=O)c4cccc(OC(C)CC)c4)c3)nn12. The molecule has 32 heavy (non-hydrogen) atoms. The summed E-state index contributed by atoms with van der Waals surface area (Å²) in [6.07, 6.45) is 1.71. The van der Waals surface area contributed by atoms with E-state index >= 15 is 0 Å². The maximum atomic E-state index is 13.0. The number of nitrogens with one attached hydrogen (secondary N) is 1. The average molecular weight is 452 g/mol. The standard InChI is InChI=1S/C23H25N5O3S/c1-5-14(3)31-17-9-7-8-15(12-17)21(29)24-18-13-16(10-11-19(18)30-4)22-27-28-20(6-2)25-26-23(28)32-22/h7-14H,5-6H2,1-4H3,(H,24,29). The van der Waals surface area contributed by atoms with Gasteiger partial charge in [-0.15, -0.1) is 10.2 Å². The zero-order valence-corrected chi connectivity index (χ0v) is 19.3. The van der Waals surface area contributed by atoms with E-state index in [0.717, 1.165) is 34.2 Å². The highest BCUT2D eigenvalue weighted by Crippen LogP contribution is 2.33. The van der Waals surface area contributed by atoms with Crippen molar-refractivity contribution < 1.29 is 14.3 Å². The molecule has 1 atom stereocenters. The van der Waals surface area contributed by atoms with Crippen LogP contribution in [0.3, 0.4) is 0 Å². The fourth-order valence-electron chi connectivity index (χ4n) is 3.15. The number of carbonyl (C=O) groups excluding carboxylic acids is 1. The molecule has 2 aromatic heterocycles. The second-order valence-corrected chi connectivity index (χ2v) is 8.26. The number of rotatable bonds is 8. The van der Waals surface area contributed by atoms with Gasteiger partial charge in [0.1, 0.15) is 16.5 Å². The molecule has 166 valence electrons. The van der Waals surface area contributed by atoms with Gasteiger partial charge >= 0.3 is 0 Å². The number of fused-ring (bicyclic) bond motifs is 1. The van der Waals surface area contributed by atoms with Crippen LogP contribution in [-0.4, -0.2) is 38.9 Å². The highest BCUT2D eigenvalue weighted by atomic mass is 32.1. The fraction of sp³-hybridized carbons (Fsp3) is 0.304. The van der Waals surface area contributed by atoms with Gasteiger partial charge in [0, 0.05) is 17.5 Å². The Morgan fingerprint density at radius 2 is 2.03 bits per heavy atom. The van der Waals surface area contributed by atoms with Crippen molar-refractivity contribution in [3.63, 3.8) is 0 Å². The lowest BCUT2D eigenvalue weighted by Crippen LogP contribution is -2.14. The summed E-state index contributed by atoms with van der Waals surface area (Å²) in [5, 5.41) is 16.7. The molecule has 0 bridgehead atoms. The zero-order valence-electron chi connectivity index (χ0n) is 18.5. The van der Waals surface area contributed by atoms with Crippen LogP contribution in [0.15, 0.2) is 42.5 Å². The molecular weight excluding hydrogens is 426 g/mol. The minimum Gasteiger partial charge on any atom is -0.495 e. The van der Waals surface area contributed by atoms with Gasteiger partial charge in [0.15, 0.2) is 5.82 Å². The molecule has 2 aromatic carbocycles. The first-order valence-electron chi connectivity index (χ1n) is 10.5. The number of nitrogens with zero attached hydrogens (tertiary/aromatic N) is 4. The van der Waals surface area contributed by atoms with E-state index in [1.54, 1.807) is 23.8 Å². The van der Waals surface area contributed by atoms with Crippen molar-refractivity contribution in [2.24, 2.45) is 0 Å². The Morgan fingerprint density at radius 1 is 1.19 bits per heavy atom. The van der Waals surface area contributed by atoms with Gasteiger partial charge in [-0.1, -0.05) is 31.3 Å². The molecule has 0 aliphatic rings. The Balaban J connectivity index is 1.61. The smallest absolute Gasteiger partial charge is 0.255 e. The average Bonchev–Trinajstić information content (AvgIpc) is 3.40. The van der Waals surface area contributed by atoms with Crippen LogP contribution in [0.25, 0.3) is 15.5 Å². The van der Waals surface area contributed by atoms with Crippen molar-refractivity contribution in [3.05, 3.63) is 53.9 Å². The predicted molar refractivity (Wildman–Crippen MR) is 125 cm³/mol. The van der Waals surface area contributed by atoms with Crippen LogP contribution in [0.1, 0.15) is 43.4 Å². The Hall–Kier alpha value is -3.46. The van der Waals surface area contributed by atoms with Gasteiger partial charge in [0.05, 0.1) is 18.9 Å². The van der Waals surface area contributed by atoms with Crippen molar-refractivity contribution in [2.45, 2.75) is 39.7 Å². The highest BCUT2D eigenvalue weighted by molar-refractivity contribution is 7.19. The van der Waals surface area contributed by atoms with Crippen molar-refractivity contribution in [1.82, 2.24) is 19.8 Å². The summed E-state index contributed by atoms with van der Waals surface area (Å²) < 4.78 is 13.1. The lowest BCUT2D eigenvalue weighted by atomic mass is 10.1. The van der Waals surface area contributed by atoms with E-state index < -0.39 is 0 Å². The molecule has 0 fully saturated rings. The van der Waals surface area contributed by atoms with E-state index in [2.05, 4.69) is 27.5 Å². The molecular formula is C23H25N5O3S. The normalized spacial score (nSPS) is 12.0. The molecule has 9 heteroatoms. The van der Waals surface area contributed by atoms with Crippen LogP contribution in [0.2, 0.25) is 0 Å². The van der Waals surface area contributed by atoms with Crippen molar-refractivity contribution >= 4 is 27.9 Å². The van der Waals surface area contributed by atoms with Crippen LogP contribution in [-0.2, 0) is 6.42 Å². The van der Waals surface area contributed by atoms with Gasteiger partial charge in [-0.3, -0.25) is 4.79 Å². The summed E-state index contributed by atoms with van der Waals surface area (Å²) in [6.45, 7) is 6.07. The number of benzene rings is 2. The molecule has 1 unspecified atom stereocenters. The van der Waals surface area contributed by atoms with Gasteiger partial charge in [0.2, 0.25) is 4.96 Å². The van der Waals surface area contributed by atoms with Crippen molar-refractivity contribution in [3.8, 4) is 22.1 Å². The van der Waals surface area contributed by atoms with Crippen LogP contribution in [0, 0.1) is 0 Å². The minimum atomic E-state index is -0.249. The number of aromatic nitrogens is 4. The summed E-state index contributed by atoms with van der Waals surface area (Å²) >= 11 is 1.44. The minimum absolute atomic E-state index is 0.0767. The molecule has 1 N–H and O–H groups in total. The fourth-order valence-corrected chi connectivity index (χ4v) is 4.01. The van der Waals surface area contributed by atoms with Gasteiger partial charge < -0.3 is 14.8 Å². The molecule has 4 aromatic rings. The highest BCUT2D eigenvalue weighted by Gasteiger charge is 2.16. The molecule has 0 spiro atoms. The van der Waals surface area contributed by atoms with E-state index in [9.17, 15) is 4.79 Å². The van der Waals surface area contributed by atoms with Crippen molar-refractivity contribution in [1.29, 1.82) is 0 Å². The Labute approximate surface area is 190 Å². The summed E-state index contributed by atoms with van der Waals surface area (Å²) in [5.41, 5.74) is 1.92. The zero-order chi connectivity index (χ0) is 22.7. The third-order valence-corrected chi connectivity index (χ3v) is 6.02. The number of methoxy groups -OCH3 is 1. The molecule has 2 heterocycles. The Morgan fingerprint density at radius 3 is 2.78 bits per heavy atom. The summed E-state index contributed by atoms with van der Waals surface area (Å²) in [5.74, 6) is 1.79. The first-order chi connectivity index (χ1) is 15.5. The summed E-state index contributed by atoms with van der Waals surface area (Å²) in [7, 11) is 1.57. The number of carbonyl (C=O) groups is 1. The topological polar surface area (TPSA) is 90.6 Å². The van der Waals surface area contributed by atoms with Gasteiger partial charge in [-0.25, -0.2) is 0 Å². The summed E-state index contributed by atoms with van der Waals surface area (Å²) in [4.78, 5) is 13.7. The van der Waals surface area contributed by atoms with Crippen LogP contribution in [0.4, 0.5) is 5.69 Å². The van der Waals surface area contributed by atoms with E-state index in [1.807, 2.05) is 44.2 Å². The second-order valence-electron chi connectivity index (χ2n) is 7.31. The maximum absolute atomic E-state index is 13.0. The third kappa shape index (κ3) is 4.43. The van der Waals surface area contributed by atoms with Crippen LogP contribution < -0.4 is 14.8 Å². The van der Waals surface area contributed by atoms with E-state index in [4.69, 9.17) is 9.47 Å².